The van der Waals surface area contributed by atoms with E-state index in [1.807, 2.05) is 11.8 Å². The van der Waals surface area contributed by atoms with Gasteiger partial charge in [0.15, 0.2) is 5.17 Å². The van der Waals surface area contributed by atoms with Crippen molar-refractivity contribution in [3.05, 3.63) is 0 Å². The van der Waals surface area contributed by atoms with Crippen LogP contribution in [0, 0.1) is 5.92 Å². The molecule has 2 nitrogen and oxygen atoms in total. The summed E-state index contributed by atoms with van der Waals surface area (Å²) in [6.07, 6.45) is 8.32. The molecule has 1 atom stereocenters. The molecule has 0 aromatic heterocycles. The monoisotopic (exact) mass is 226 g/mol. The van der Waals surface area contributed by atoms with Gasteiger partial charge in [0.25, 0.3) is 0 Å². The molecule has 1 aliphatic carbocycles. The lowest BCUT2D eigenvalue weighted by Gasteiger charge is -2.07. The fourth-order valence-corrected chi connectivity index (χ4v) is 3.51. The number of rotatable bonds is 4. The van der Waals surface area contributed by atoms with Crippen LogP contribution in [0.4, 0.5) is 0 Å². The average molecular weight is 226 g/mol. The number of amidine groups is 1. The summed E-state index contributed by atoms with van der Waals surface area (Å²) in [5.41, 5.74) is 0. The molecule has 0 spiro atoms. The van der Waals surface area contributed by atoms with E-state index in [-0.39, 0.29) is 0 Å². The molecule has 2 rings (SSSR count). The van der Waals surface area contributed by atoms with Gasteiger partial charge in [-0.05, 0) is 18.8 Å². The third kappa shape index (κ3) is 3.40. The third-order valence-corrected chi connectivity index (χ3v) is 4.60. The predicted molar refractivity (Wildman–Crippen MR) is 68.5 cm³/mol. The summed E-state index contributed by atoms with van der Waals surface area (Å²) in [6.45, 7) is 3.27. The van der Waals surface area contributed by atoms with Crippen molar-refractivity contribution in [2.45, 2.75) is 51.5 Å². The highest BCUT2D eigenvalue weighted by Crippen LogP contribution is 2.27. The van der Waals surface area contributed by atoms with Crippen molar-refractivity contribution >= 4 is 16.9 Å². The van der Waals surface area contributed by atoms with E-state index < -0.39 is 0 Å². The van der Waals surface area contributed by atoms with Crippen LogP contribution in [0.25, 0.3) is 0 Å². The maximum atomic E-state index is 4.65. The maximum absolute atomic E-state index is 4.65. The number of hydrogen-bond acceptors (Lipinski definition) is 2. The van der Waals surface area contributed by atoms with Crippen LogP contribution in [0.5, 0.6) is 0 Å². The summed E-state index contributed by atoms with van der Waals surface area (Å²) in [5, 5.41) is 4.67. The quantitative estimate of drug-likeness (QED) is 0.797. The van der Waals surface area contributed by atoms with E-state index in [9.17, 15) is 0 Å². The SMILES string of the molecule is CCC1CSC(=NCCC2CCCC2)N1. The van der Waals surface area contributed by atoms with Crippen molar-refractivity contribution in [2.75, 3.05) is 12.3 Å². The molecule has 3 heteroatoms. The van der Waals surface area contributed by atoms with Crippen LogP contribution >= 0.6 is 11.8 Å². The van der Waals surface area contributed by atoms with E-state index in [1.165, 1.54) is 49.4 Å². The number of aliphatic imine (C=N–C) groups is 1. The van der Waals surface area contributed by atoms with Gasteiger partial charge in [-0.2, -0.15) is 0 Å². The molecular formula is C12H22N2S. The molecule has 0 bridgehead atoms. The van der Waals surface area contributed by atoms with Crippen molar-refractivity contribution in [2.24, 2.45) is 10.9 Å². The largest absolute Gasteiger partial charge is 0.361 e. The summed E-state index contributed by atoms with van der Waals surface area (Å²) in [6, 6.07) is 0.667. The molecule has 0 amide bonds. The summed E-state index contributed by atoms with van der Waals surface area (Å²) < 4.78 is 0. The lowest BCUT2D eigenvalue weighted by molar-refractivity contribution is 0.511. The van der Waals surface area contributed by atoms with Gasteiger partial charge in [-0.15, -0.1) is 0 Å². The smallest absolute Gasteiger partial charge is 0.156 e. The highest BCUT2D eigenvalue weighted by molar-refractivity contribution is 8.14. The second-order valence-corrected chi connectivity index (χ2v) is 5.70. The van der Waals surface area contributed by atoms with E-state index >= 15 is 0 Å². The van der Waals surface area contributed by atoms with Gasteiger partial charge in [0.2, 0.25) is 0 Å². The Morgan fingerprint density at radius 3 is 2.87 bits per heavy atom. The minimum absolute atomic E-state index is 0.667. The van der Waals surface area contributed by atoms with E-state index in [2.05, 4.69) is 17.2 Å². The van der Waals surface area contributed by atoms with E-state index in [0.717, 1.165) is 12.5 Å². The van der Waals surface area contributed by atoms with Gasteiger partial charge in [0, 0.05) is 18.3 Å². The normalized spacial score (nSPS) is 29.9. The Morgan fingerprint density at radius 1 is 1.40 bits per heavy atom. The van der Waals surface area contributed by atoms with Gasteiger partial charge in [0.1, 0.15) is 0 Å². The third-order valence-electron chi connectivity index (χ3n) is 3.51. The topological polar surface area (TPSA) is 24.4 Å². The van der Waals surface area contributed by atoms with Crippen LogP contribution in [0.1, 0.15) is 45.4 Å². The van der Waals surface area contributed by atoms with E-state index in [4.69, 9.17) is 0 Å². The second kappa shape index (κ2) is 5.78. The Labute approximate surface area is 97.3 Å². The average Bonchev–Trinajstić information content (AvgIpc) is 2.88. The van der Waals surface area contributed by atoms with Crippen molar-refractivity contribution < 1.29 is 0 Å². The van der Waals surface area contributed by atoms with Gasteiger partial charge >= 0.3 is 0 Å². The second-order valence-electron chi connectivity index (χ2n) is 4.69. The van der Waals surface area contributed by atoms with Gasteiger partial charge in [0.05, 0.1) is 0 Å². The Morgan fingerprint density at radius 2 is 2.20 bits per heavy atom. The molecule has 2 fully saturated rings. The standard InChI is InChI=1S/C12H22N2S/c1-2-11-9-15-12(14-11)13-8-7-10-5-3-4-6-10/h10-11H,2-9H2,1H3,(H,13,14). The van der Waals surface area contributed by atoms with Crippen molar-refractivity contribution in [3.8, 4) is 0 Å². The van der Waals surface area contributed by atoms with Crippen molar-refractivity contribution in [1.82, 2.24) is 5.32 Å². The molecule has 0 aromatic carbocycles. The fraction of sp³-hybridized carbons (Fsp3) is 0.917. The van der Waals surface area contributed by atoms with Crippen LogP contribution in [0.2, 0.25) is 0 Å². The minimum Gasteiger partial charge on any atom is -0.361 e. The molecule has 15 heavy (non-hydrogen) atoms. The van der Waals surface area contributed by atoms with Crippen LogP contribution in [-0.2, 0) is 0 Å². The van der Waals surface area contributed by atoms with E-state index in [1.54, 1.807) is 0 Å². The van der Waals surface area contributed by atoms with Gasteiger partial charge in [-0.3, -0.25) is 4.99 Å². The Bertz CT molecular complexity index is 222. The maximum Gasteiger partial charge on any atom is 0.156 e. The predicted octanol–water partition coefficient (Wildman–Crippen LogP) is 3.04. The highest BCUT2D eigenvalue weighted by Gasteiger charge is 2.18. The number of nitrogens with one attached hydrogen (secondary N) is 1. The molecular weight excluding hydrogens is 204 g/mol. The summed E-state index contributed by atoms with van der Waals surface area (Å²) >= 11 is 1.90. The van der Waals surface area contributed by atoms with Crippen LogP contribution in [0.3, 0.4) is 0 Å². The van der Waals surface area contributed by atoms with Crippen LogP contribution < -0.4 is 5.32 Å². The van der Waals surface area contributed by atoms with Gasteiger partial charge < -0.3 is 5.32 Å². The molecule has 2 aliphatic rings. The van der Waals surface area contributed by atoms with Crippen LogP contribution in [-0.4, -0.2) is 23.5 Å². The molecule has 1 unspecified atom stereocenters. The Kier molecular flexibility index (Phi) is 4.36. The zero-order valence-electron chi connectivity index (χ0n) is 9.67. The molecule has 1 aliphatic heterocycles. The molecule has 86 valence electrons. The zero-order valence-corrected chi connectivity index (χ0v) is 10.5. The summed E-state index contributed by atoms with van der Waals surface area (Å²) in [5.74, 6) is 2.18. The van der Waals surface area contributed by atoms with Gasteiger partial charge in [-0.25, -0.2) is 0 Å². The van der Waals surface area contributed by atoms with Crippen LogP contribution in [0.15, 0.2) is 4.99 Å². The lowest BCUT2D eigenvalue weighted by atomic mass is 10.1. The van der Waals surface area contributed by atoms with Gasteiger partial charge in [-0.1, -0.05) is 44.4 Å². The number of nitrogens with zero attached hydrogens (tertiary/aromatic N) is 1. The first kappa shape index (κ1) is 11.3. The summed E-state index contributed by atoms with van der Waals surface area (Å²) in [7, 11) is 0. The minimum atomic E-state index is 0.667. The molecule has 0 aromatic rings. The molecule has 0 radical (unpaired) electrons. The number of thioether (sulfide) groups is 1. The van der Waals surface area contributed by atoms with E-state index in [0.29, 0.717) is 6.04 Å². The zero-order chi connectivity index (χ0) is 10.5. The molecule has 1 saturated heterocycles. The first-order chi connectivity index (χ1) is 7.38. The Balaban J connectivity index is 1.65. The van der Waals surface area contributed by atoms with Crippen molar-refractivity contribution in [1.29, 1.82) is 0 Å². The first-order valence-electron chi connectivity index (χ1n) is 6.32. The fourth-order valence-electron chi connectivity index (χ4n) is 2.40. The molecule has 1 saturated carbocycles. The highest BCUT2D eigenvalue weighted by atomic mass is 32.2. The first-order valence-corrected chi connectivity index (χ1v) is 7.31. The molecule has 1 heterocycles. The Hall–Kier alpha value is -0.180. The molecule has 1 N–H and O–H groups in total. The number of hydrogen-bond donors (Lipinski definition) is 1. The summed E-state index contributed by atoms with van der Waals surface area (Å²) in [4.78, 5) is 4.65. The lowest BCUT2D eigenvalue weighted by Crippen LogP contribution is -2.25. The van der Waals surface area contributed by atoms with Crippen molar-refractivity contribution in [3.63, 3.8) is 0 Å².